The zero-order valence-corrected chi connectivity index (χ0v) is 15.6. The summed E-state index contributed by atoms with van der Waals surface area (Å²) in [5.41, 5.74) is 5.76. The van der Waals surface area contributed by atoms with Crippen molar-refractivity contribution in [3.63, 3.8) is 0 Å². The number of carbonyl (C=O) groups is 1. The van der Waals surface area contributed by atoms with Gasteiger partial charge in [-0.05, 0) is 30.3 Å². The molecule has 7 nitrogen and oxygen atoms in total. The molecule has 0 bridgehead atoms. The second-order valence-corrected chi connectivity index (χ2v) is 6.62. The molecule has 0 saturated heterocycles. The fourth-order valence-corrected chi connectivity index (χ4v) is 3.19. The molecule has 9 heteroatoms. The summed E-state index contributed by atoms with van der Waals surface area (Å²) in [7, 11) is 0. The Morgan fingerprint density at radius 3 is 2.86 bits per heavy atom. The predicted molar refractivity (Wildman–Crippen MR) is 102 cm³/mol. The van der Waals surface area contributed by atoms with Crippen LogP contribution < -0.4 is 11.1 Å². The molecule has 1 aliphatic heterocycles. The van der Waals surface area contributed by atoms with Crippen LogP contribution in [-0.4, -0.2) is 39.5 Å². The average Bonchev–Trinajstić information content (AvgIpc) is 3.06. The van der Waals surface area contributed by atoms with Crippen LogP contribution in [0.4, 0.5) is 4.39 Å². The standard InChI is InChI=1S/C19H16ClFN6O/c20-11-5-6-15-13(9-11)17(12-3-1-2-4-14(12)21)24-10-16-25-18(26-27(15)16)19(28)23-8-7-22/h1-6,9H,7-8,10,22H2,(H,23,28)/p+1. The van der Waals surface area contributed by atoms with Crippen LogP contribution in [0.15, 0.2) is 47.5 Å². The van der Waals surface area contributed by atoms with Gasteiger partial charge in [-0.1, -0.05) is 23.7 Å². The van der Waals surface area contributed by atoms with E-state index in [0.717, 1.165) is 0 Å². The van der Waals surface area contributed by atoms with Crippen molar-refractivity contribution in [1.29, 1.82) is 0 Å². The summed E-state index contributed by atoms with van der Waals surface area (Å²) in [4.78, 5) is 21.1. The van der Waals surface area contributed by atoms with E-state index in [0.29, 0.717) is 46.5 Å². The Morgan fingerprint density at radius 2 is 2.07 bits per heavy atom. The van der Waals surface area contributed by atoms with Gasteiger partial charge in [0.2, 0.25) is 5.82 Å². The Labute approximate surface area is 165 Å². The first-order chi connectivity index (χ1) is 13.6. The molecule has 2 aromatic carbocycles. The van der Waals surface area contributed by atoms with Gasteiger partial charge in [0.1, 0.15) is 5.82 Å². The first kappa shape index (κ1) is 18.3. The van der Waals surface area contributed by atoms with Crippen LogP contribution in [0.1, 0.15) is 27.6 Å². The number of hydrogen-bond acceptors (Lipinski definition) is 4. The number of fused-ring (bicyclic) bond motifs is 3. The number of rotatable bonds is 4. The molecular weight excluding hydrogens is 383 g/mol. The highest BCUT2D eigenvalue weighted by molar-refractivity contribution is 6.31. The molecule has 4 rings (SSSR count). The largest absolute Gasteiger partial charge is 0.356 e. The van der Waals surface area contributed by atoms with E-state index in [2.05, 4.69) is 26.1 Å². The van der Waals surface area contributed by atoms with Crippen LogP contribution in [0.3, 0.4) is 0 Å². The molecule has 1 aliphatic rings. The number of nitrogens with zero attached hydrogens (tertiary/aromatic N) is 4. The minimum atomic E-state index is -0.382. The third-order valence-corrected chi connectivity index (χ3v) is 4.52. The van der Waals surface area contributed by atoms with Crippen LogP contribution in [0.2, 0.25) is 5.02 Å². The maximum atomic E-state index is 14.4. The van der Waals surface area contributed by atoms with Crippen molar-refractivity contribution in [1.82, 2.24) is 20.1 Å². The highest BCUT2D eigenvalue weighted by Crippen LogP contribution is 2.27. The van der Waals surface area contributed by atoms with Crippen molar-refractivity contribution < 1.29 is 14.9 Å². The van der Waals surface area contributed by atoms with Crippen molar-refractivity contribution in [2.45, 2.75) is 6.54 Å². The number of hydrogen-bond donors (Lipinski definition) is 2. The lowest BCUT2D eigenvalue weighted by Crippen LogP contribution is -2.54. The maximum absolute atomic E-state index is 14.4. The molecule has 1 amide bonds. The van der Waals surface area contributed by atoms with Gasteiger partial charge < -0.3 is 11.1 Å². The molecule has 4 N–H and O–H groups in total. The second-order valence-electron chi connectivity index (χ2n) is 6.18. The van der Waals surface area contributed by atoms with Crippen LogP contribution in [0, 0.1) is 5.82 Å². The molecule has 0 aliphatic carbocycles. The Hall–Kier alpha value is -3.10. The lowest BCUT2D eigenvalue weighted by Gasteiger charge is -2.11. The molecule has 0 radical (unpaired) electrons. The van der Waals surface area contributed by atoms with E-state index in [9.17, 15) is 9.18 Å². The summed E-state index contributed by atoms with van der Waals surface area (Å²) in [6, 6.07) is 11.6. The number of aromatic nitrogens is 3. The van der Waals surface area contributed by atoms with Gasteiger partial charge in [-0.15, -0.1) is 5.10 Å². The molecule has 1 aromatic heterocycles. The van der Waals surface area contributed by atoms with E-state index in [4.69, 9.17) is 11.6 Å². The minimum Gasteiger partial charge on any atom is -0.356 e. The monoisotopic (exact) mass is 399 g/mol. The fourth-order valence-electron chi connectivity index (χ4n) is 3.02. The van der Waals surface area contributed by atoms with Gasteiger partial charge in [-0.2, -0.15) is 0 Å². The molecule has 3 aromatic rings. The van der Waals surface area contributed by atoms with E-state index in [1.165, 1.54) is 6.07 Å². The number of amides is 1. The fraction of sp³-hybridized carbons (Fsp3) is 0.158. The number of aliphatic imine (C=N–C) groups is 1. The van der Waals surface area contributed by atoms with Crippen molar-refractivity contribution >= 4 is 23.2 Å². The van der Waals surface area contributed by atoms with Crippen LogP contribution in [0.5, 0.6) is 0 Å². The summed E-state index contributed by atoms with van der Waals surface area (Å²) in [6.07, 6.45) is 0. The Morgan fingerprint density at radius 1 is 1.25 bits per heavy atom. The zero-order valence-electron chi connectivity index (χ0n) is 14.8. The summed E-state index contributed by atoms with van der Waals surface area (Å²) in [6.45, 7) is 1.15. The Kier molecular flexibility index (Phi) is 4.89. The number of halogens is 2. The van der Waals surface area contributed by atoms with Gasteiger partial charge in [0.05, 0.1) is 31.0 Å². The van der Waals surface area contributed by atoms with Crippen LogP contribution in [-0.2, 0) is 6.54 Å². The Balaban J connectivity index is 1.84. The molecule has 0 saturated carbocycles. The molecular formula is C19H17ClFN6O+. The predicted octanol–water partition coefficient (Wildman–Crippen LogP) is 1.38. The summed E-state index contributed by atoms with van der Waals surface area (Å²) >= 11 is 6.20. The molecule has 142 valence electrons. The van der Waals surface area contributed by atoms with Crippen molar-refractivity contribution in [2.75, 3.05) is 13.1 Å². The third kappa shape index (κ3) is 3.28. The second kappa shape index (κ2) is 7.49. The first-order valence-corrected chi connectivity index (χ1v) is 9.09. The Bertz CT molecular complexity index is 1090. The quantitative estimate of drug-likeness (QED) is 0.693. The van der Waals surface area contributed by atoms with Gasteiger partial charge in [0.15, 0.2) is 5.82 Å². The zero-order chi connectivity index (χ0) is 19.7. The SMILES string of the molecule is [NH3+]CCNC(=O)c1nc2n(n1)-c1ccc(Cl)cc1C(c1ccccc1F)=NC2. The first-order valence-electron chi connectivity index (χ1n) is 8.71. The topological polar surface area (TPSA) is 99.8 Å². The van der Waals surface area contributed by atoms with Crippen LogP contribution >= 0.6 is 11.6 Å². The third-order valence-electron chi connectivity index (χ3n) is 4.29. The lowest BCUT2D eigenvalue weighted by molar-refractivity contribution is -0.364. The van der Waals surface area contributed by atoms with E-state index in [1.54, 1.807) is 41.1 Å². The van der Waals surface area contributed by atoms with Crippen molar-refractivity contribution in [3.8, 4) is 5.69 Å². The average molecular weight is 400 g/mol. The van der Waals surface area contributed by atoms with Gasteiger partial charge in [0, 0.05) is 16.1 Å². The molecule has 0 unspecified atom stereocenters. The highest BCUT2D eigenvalue weighted by Gasteiger charge is 2.25. The molecule has 0 fully saturated rings. The molecule has 28 heavy (non-hydrogen) atoms. The van der Waals surface area contributed by atoms with E-state index in [-0.39, 0.29) is 24.1 Å². The normalized spacial score (nSPS) is 12.6. The summed E-state index contributed by atoms with van der Waals surface area (Å²) in [5, 5.41) is 7.54. The number of nitrogens with one attached hydrogen (secondary N) is 1. The summed E-state index contributed by atoms with van der Waals surface area (Å²) < 4.78 is 16.0. The molecule has 0 atom stereocenters. The molecule has 0 spiro atoms. The highest BCUT2D eigenvalue weighted by atomic mass is 35.5. The lowest BCUT2D eigenvalue weighted by atomic mass is 10.00. The van der Waals surface area contributed by atoms with E-state index < -0.39 is 0 Å². The van der Waals surface area contributed by atoms with Crippen molar-refractivity contribution in [3.05, 3.63) is 76.1 Å². The smallest absolute Gasteiger partial charge is 0.291 e. The van der Waals surface area contributed by atoms with Gasteiger partial charge >= 0.3 is 0 Å². The number of carbonyl (C=O) groups excluding carboxylic acids is 1. The van der Waals surface area contributed by atoms with E-state index >= 15 is 0 Å². The molecule has 2 heterocycles. The van der Waals surface area contributed by atoms with Gasteiger partial charge in [-0.3, -0.25) is 9.79 Å². The maximum Gasteiger partial charge on any atom is 0.291 e. The van der Waals surface area contributed by atoms with Gasteiger partial charge in [0.25, 0.3) is 5.91 Å². The van der Waals surface area contributed by atoms with Crippen LogP contribution in [0.25, 0.3) is 5.69 Å². The van der Waals surface area contributed by atoms with Gasteiger partial charge in [-0.25, -0.2) is 14.1 Å². The minimum absolute atomic E-state index is 0.0499. The summed E-state index contributed by atoms with van der Waals surface area (Å²) in [5.74, 6) is -0.227. The van der Waals surface area contributed by atoms with E-state index in [1.807, 2.05) is 0 Å². The van der Waals surface area contributed by atoms with Crippen molar-refractivity contribution in [2.24, 2.45) is 4.99 Å². The number of quaternary nitrogens is 1. The number of benzene rings is 2.